The standard InChI is InChI=1S/C21H19N3O2S/c1-2-25-18-6-3-5-15-17-13-16(19-7-4-12-27-19)23-24(17)21(26-20(15)18)14-8-10-22-11-9-14/h3-12,17,21H,2,13H2,1H3/t17-,21+/m0/s1. The van der Waals surface area contributed by atoms with E-state index in [1.54, 1.807) is 23.7 Å². The Hall–Kier alpha value is -2.86. The lowest BCUT2D eigenvalue weighted by Gasteiger charge is -2.38. The second-order valence-electron chi connectivity index (χ2n) is 6.48. The molecular formula is C21H19N3O2S. The van der Waals surface area contributed by atoms with E-state index in [1.165, 1.54) is 4.88 Å². The molecule has 0 N–H and O–H groups in total. The van der Waals surface area contributed by atoms with Gasteiger partial charge in [0.05, 0.1) is 23.2 Å². The van der Waals surface area contributed by atoms with E-state index in [1.807, 2.05) is 31.2 Å². The average molecular weight is 377 g/mol. The lowest BCUT2D eigenvalue weighted by Crippen LogP contribution is -2.33. The molecule has 0 amide bonds. The molecule has 1 aromatic carbocycles. The minimum atomic E-state index is -0.301. The Labute approximate surface area is 161 Å². The maximum absolute atomic E-state index is 6.45. The molecule has 5 rings (SSSR count). The number of hydrogen-bond acceptors (Lipinski definition) is 6. The number of hydrazone groups is 1. The topological polar surface area (TPSA) is 47.0 Å². The molecule has 2 aliphatic heterocycles. The molecule has 0 saturated carbocycles. The van der Waals surface area contributed by atoms with Gasteiger partial charge in [-0.05, 0) is 36.6 Å². The van der Waals surface area contributed by atoms with Crippen molar-refractivity contribution in [2.45, 2.75) is 25.6 Å². The van der Waals surface area contributed by atoms with E-state index in [4.69, 9.17) is 14.6 Å². The van der Waals surface area contributed by atoms with Crippen LogP contribution >= 0.6 is 11.3 Å². The summed E-state index contributed by atoms with van der Waals surface area (Å²) in [5.41, 5.74) is 3.26. The molecule has 0 bridgehead atoms. The number of rotatable bonds is 4. The molecule has 4 heterocycles. The van der Waals surface area contributed by atoms with Crippen LogP contribution in [0.2, 0.25) is 0 Å². The summed E-state index contributed by atoms with van der Waals surface area (Å²) >= 11 is 1.72. The third kappa shape index (κ3) is 2.77. The Morgan fingerprint density at radius 2 is 2.07 bits per heavy atom. The van der Waals surface area contributed by atoms with Gasteiger partial charge in [0.25, 0.3) is 0 Å². The highest BCUT2D eigenvalue weighted by molar-refractivity contribution is 7.12. The number of benzene rings is 1. The molecule has 6 heteroatoms. The number of aromatic nitrogens is 1. The van der Waals surface area contributed by atoms with Gasteiger partial charge >= 0.3 is 0 Å². The highest BCUT2D eigenvalue weighted by Crippen LogP contribution is 2.50. The van der Waals surface area contributed by atoms with Crippen LogP contribution in [0.4, 0.5) is 0 Å². The van der Waals surface area contributed by atoms with Crippen molar-refractivity contribution in [2.24, 2.45) is 5.10 Å². The third-order valence-corrected chi connectivity index (χ3v) is 5.80. The minimum Gasteiger partial charge on any atom is -0.490 e. The van der Waals surface area contributed by atoms with Crippen LogP contribution in [-0.4, -0.2) is 22.3 Å². The van der Waals surface area contributed by atoms with Crippen molar-refractivity contribution >= 4 is 17.0 Å². The van der Waals surface area contributed by atoms with Gasteiger partial charge < -0.3 is 9.47 Å². The van der Waals surface area contributed by atoms with Crippen molar-refractivity contribution in [1.29, 1.82) is 0 Å². The smallest absolute Gasteiger partial charge is 0.214 e. The SMILES string of the molecule is CCOc1cccc2c1O[C@H](c1ccncc1)N1N=C(c3cccs3)C[C@@H]21. The van der Waals surface area contributed by atoms with Gasteiger partial charge in [-0.25, -0.2) is 5.01 Å². The molecule has 2 aliphatic rings. The molecule has 3 aromatic rings. The van der Waals surface area contributed by atoms with E-state index in [9.17, 15) is 0 Å². The first-order valence-electron chi connectivity index (χ1n) is 9.07. The van der Waals surface area contributed by atoms with Crippen molar-refractivity contribution in [3.05, 3.63) is 76.2 Å². The van der Waals surface area contributed by atoms with Gasteiger partial charge in [0.1, 0.15) is 0 Å². The monoisotopic (exact) mass is 377 g/mol. The van der Waals surface area contributed by atoms with Crippen molar-refractivity contribution < 1.29 is 9.47 Å². The second kappa shape index (κ2) is 6.70. The van der Waals surface area contributed by atoms with Crippen LogP contribution in [0.3, 0.4) is 0 Å². The van der Waals surface area contributed by atoms with Crippen LogP contribution < -0.4 is 9.47 Å². The van der Waals surface area contributed by atoms with Crippen molar-refractivity contribution in [1.82, 2.24) is 9.99 Å². The zero-order valence-electron chi connectivity index (χ0n) is 14.9. The summed E-state index contributed by atoms with van der Waals surface area (Å²) in [7, 11) is 0. The van der Waals surface area contributed by atoms with Crippen LogP contribution in [0.25, 0.3) is 0 Å². The molecule has 2 atom stereocenters. The third-order valence-electron chi connectivity index (χ3n) is 4.88. The first kappa shape index (κ1) is 16.3. The summed E-state index contributed by atoms with van der Waals surface area (Å²) in [5, 5.41) is 9.14. The maximum Gasteiger partial charge on any atom is 0.214 e. The summed E-state index contributed by atoms with van der Waals surface area (Å²) in [6.45, 7) is 2.59. The van der Waals surface area contributed by atoms with Gasteiger partial charge in [-0.1, -0.05) is 18.2 Å². The number of nitrogens with zero attached hydrogens (tertiary/aromatic N) is 3. The number of hydrogen-bond donors (Lipinski definition) is 0. The Balaban J connectivity index is 1.62. The highest BCUT2D eigenvalue weighted by Gasteiger charge is 2.42. The number of fused-ring (bicyclic) bond motifs is 3. The molecule has 0 fully saturated rings. The fourth-order valence-corrected chi connectivity index (χ4v) is 4.41. The molecule has 0 unspecified atom stereocenters. The Morgan fingerprint density at radius 3 is 2.85 bits per heavy atom. The molecule has 5 nitrogen and oxygen atoms in total. The Bertz CT molecular complexity index is 972. The summed E-state index contributed by atoms with van der Waals surface area (Å²) < 4.78 is 12.3. The van der Waals surface area contributed by atoms with Crippen LogP contribution in [0.15, 0.2) is 65.3 Å². The quantitative estimate of drug-likeness (QED) is 0.656. The molecule has 2 aromatic heterocycles. The lowest BCUT2D eigenvalue weighted by atomic mass is 9.97. The zero-order valence-corrected chi connectivity index (χ0v) is 15.7. The predicted octanol–water partition coefficient (Wildman–Crippen LogP) is 4.78. The maximum atomic E-state index is 6.45. The number of pyridine rings is 1. The van der Waals surface area contributed by atoms with E-state index in [-0.39, 0.29) is 12.3 Å². The Kier molecular flexibility index (Phi) is 4.05. The van der Waals surface area contributed by atoms with E-state index in [0.717, 1.165) is 34.8 Å². The van der Waals surface area contributed by atoms with Gasteiger partial charge in [0.15, 0.2) is 11.5 Å². The predicted molar refractivity (Wildman–Crippen MR) is 105 cm³/mol. The minimum absolute atomic E-state index is 0.129. The van der Waals surface area contributed by atoms with E-state index >= 15 is 0 Å². The van der Waals surface area contributed by atoms with Crippen LogP contribution in [0.5, 0.6) is 11.5 Å². The second-order valence-corrected chi connectivity index (χ2v) is 7.43. The van der Waals surface area contributed by atoms with Crippen LogP contribution in [-0.2, 0) is 0 Å². The van der Waals surface area contributed by atoms with Crippen molar-refractivity contribution in [3.63, 3.8) is 0 Å². The zero-order chi connectivity index (χ0) is 18.2. The molecular weight excluding hydrogens is 358 g/mol. The summed E-state index contributed by atoms with van der Waals surface area (Å²) in [5.74, 6) is 1.61. The number of para-hydroxylation sites is 1. The van der Waals surface area contributed by atoms with Crippen LogP contribution in [0, 0.1) is 0 Å². The van der Waals surface area contributed by atoms with E-state index < -0.39 is 0 Å². The highest BCUT2D eigenvalue weighted by atomic mass is 32.1. The van der Waals surface area contributed by atoms with Gasteiger partial charge in [-0.3, -0.25) is 4.98 Å². The van der Waals surface area contributed by atoms with Gasteiger partial charge in [-0.2, -0.15) is 5.10 Å². The van der Waals surface area contributed by atoms with Crippen molar-refractivity contribution in [2.75, 3.05) is 6.61 Å². The fraction of sp³-hybridized carbons (Fsp3) is 0.238. The van der Waals surface area contributed by atoms with E-state index in [2.05, 4.69) is 33.6 Å². The summed E-state index contributed by atoms with van der Waals surface area (Å²) in [6.07, 6.45) is 4.13. The normalized spacial score (nSPS) is 20.5. The number of thiophene rings is 1. The fourth-order valence-electron chi connectivity index (χ4n) is 3.69. The average Bonchev–Trinajstić information content (AvgIpc) is 3.38. The summed E-state index contributed by atoms with van der Waals surface area (Å²) in [4.78, 5) is 5.35. The van der Waals surface area contributed by atoms with E-state index in [0.29, 0.717) is 6.61 Å². The van der Waals surface area contributed by atoms with Gasteiger partial charge in [0.2, 0.25) is 6.23 Å². The van der Waals surface area contributed by atoms with Crippen molar-refractivity contribution in [3.8, 4) is 11.5 Å². The van der Waals surface area contributed by atoms with Gasteiger partial charge in [0, 0.05) is 29.9 Å². The molecule has 0 radical (unpaired) electrons. The number of ether oxygens (including phenoxy) is 2. The Morgan fingerprint density at radius 1 is 1.19 bits per heavy atom. The lowest BCUT2D eigenvalue weighted by molar-refractivity contribution is -0.0212. The molecule has 0 saturated heterocycles. The molecule has 0 spiro atoms. The summed E-state index contributed by atoms with van der Waals surface area (Å²) in [6, 6.07) is 14.4. The molecule has 0 aliphatic carbocycles. The first-order chi connectivity index (χ1) is 13.3. The largest absolute Gasteiger partial charge is 0.490 e. The molecule has 27 heavy (non-hydrogen) atoms. The first-order valence-corrected chi connectivity index (χ1v) is 9.95. The van der Waals surface area contributed by atoms with Crippen LogP contribution in [0.1, 0.15) is 41.6 Å². The van der Waals surface area contributed by atoms with Gasteiger partial charge in [-0.15, -0.1) is 11.3 Å². The molecule has 136 valence electrons.